The van der Waals surface area contributed by atoms with Crippen molar-refractivity contribution in [1.29, 1.82) is 0 Å². The van der Waals surface area contributed by atoms with Crippen LogP contribution in [0.4, 0.5) is 4.79 Å². The number of rotatable bonds is 4. The molecule has 0 radical (unpaired) electrons. The van der Waals surface area contributed by atoms with Crippen LogP contribution in [0, 0.1) is 17.8 Å². The summed E-state index contributed by atoms with van der Waals surface area (Å²) in [6.45, 7) is 0. The minimum atomic E-state index is -4.70. The zero-order chi connectivity index (χ0) is 18.6. The van der Waals surface area contributed by atoms with Crippen molar-refractivity contribution >= 4 is 15.4 Å². The lowest BCUT2D eigenvalue weighted by Crippen LogP contribution is -2.64. The van der Waals surface area contributed by atoms with Crippen molar-refractivity contribution in [3.05, 3.63) is 0 Å². The van der Waals surface area contributed by atoms with Crippen LogP contribution in [0.15, 0.2) is 0 Å². The highest BCUT2D eigenvalue weighted by Crippen LogP contribution is 2.50. The molecule has 3 saturated carbocycles. The van der Waals surface area contributed by atoms with E-state index in [1.807, 2.05) is 0 Å². The number of nitrogens with one attached hydrogen (secondary N) is 1. The largest absolute Gasteiger partial charge is 0.364 e. The predicted molar refractivity (Wildman–Crippen MR) is 103 cm³/mol. The van der Waals surface area contributed by atoms with Crippen LogP contribution in [0.1, 0.15) is 96.3 Å². The average Bonchev–Trinajstić information content (AvgIpc) is 2.67. The fourth-order valence-corrected chi connectivity index (χ4v) is 6.59. The van der Waals surface area contributed by atoms with Gasteiger partial charge in [-0.2, -0.15) is 8.42 Å². The maximum atomic E-state index is 12.5. The van der Waals surface area contributed by atoms with E-state index in [1.165, 1.54) is 19.3 Å². The van der Waals surface area contributed by atoms with Crippen LogP contribution in [0.25, 0.3) is 0 Å². The van der Waals surface area contributed by atoms with Gasteiger partial charge in [0.15, 0.2) is 0 Å². The van der Waals surface area contributed by atoms with Gasteiger partial charge in [0.25, 0.3) is 0 Å². The molecule has 0 saturated heterocycles. The number of hydrogen-bond acceptors (Lipinski definition) is 3. The molecule has 0 bridgehead atoms. The fraction of sp³-hybridized carbons (Fsp3) is 0.950. The van der Waals surface area contributed by atoms with E-state index in [2.05, 4.69) is 5.32 Å². The minimum absolute atomic E-state index is 0.341. The summed E-state index contributed by atoms with van der Waals surface area (Å²) in [5.41, 5.74) is -0.450. The van der Waals surface area contributed by atoms with E-state index < -0.39 is 20.9 Å². The van der Waals surface area contributed by atoms with E-state index >= 15 is 0 Å². The molecule has 2 N–H and O–H groups in total. The van der Waals surface area contributed by atoms with Gasteiger partial charge < -0.3 is 5.32 Å². The molecule has 3 aliphatic rings. The number of carbonyl (C=O) groups excluding carboxylic acids is 1. The highest BCUT2D eigenvalue weighted by Gasteiger charge is 2.52. The quantitative estimate of drug-likeness (QED) is 0.662. The van der Waals surface area contributed by atoms with Gasteiger partial charge in [-0.1, -0.05) is 57.8 Å². The first-order valence-corrected chi connectivity index (χ1v) is 12.2. The van der Waals surface area contributed by atoms with E-state index in [0.29, 0.717) is 17.8 Å². The Balaban J connectivity index is 2.00. The molecule has 5 nitrogen and oxygen atoms in total. The molecule has 0 atom stereocenters. The first kappa shape index (κ1) is 20.1. The van der Waals surface area contributed by atoms with Crippen molar-refractivity contribution in [3.63, 3.8) is 0 Å². The number of carbonyl (C=O) groups is 1. The first-order valence-electron chi connectivity index (χ1n) is 10.7. The summed E-state index contributed by atoms with van der Waals surface area (Å²) in [7, 11) is -4.70. The third-order valence-corrected chi connectivity index (χ3v) is 7.97. The molecule has 0 aliphatic heterocycles. The maximum Gasteiger partial charge on any atom is 0.364 e. The van der Waals surface area contributed by atoms with Gasteiger partial charge in [-0.25, -0.2) is 0 Å². The predicted octanol–water partition coefficient (Wildman–Crippen LogP) is 5.06. The van der Waals surface area contributed by atoms with Crippen molar-refractivity contribution in [2.24, 2.45) is 17.8 Å². The third kappa shape index (κ3) is 4.27. The molecule has 0 heterocycles. The van der Waals surface area contributed by atoms with E-state index in [4.69, 9.17) is 0 Å². The second-order valence-corrected chi connectivity index (χ2v) is 10.1. The Bertz CT molecular complexity index is 525. The second-order valence-electron chi connectivity index (χ2n) is 8.83. The fourth-order valence-electron chi connectivity index (χ4n) is 6.29. The second kappa shape index (κ2) is 8.59. The van der Waals surface area contributed by atoms with Gasteiger partial charge in [-0.05, 0) is 56.3 Å². The summed E-state index contributed by atoms with van der Waals surface area (Å²) >= 11 is 0. The lowest BCUT2D eigenvalue weighted by Gasteiger charge is -2.54. The average molecular weight is 386 g/mol. The van der Waals surface area contributed by atoms with Crippen LogP contribution in [0.2, 0.25) is 0 Å². The lowest BCUT2D eigenvalue weighted by molar-refractivity contribution is 0.0115. The van der Waals surface area contributed by atoms with Gasteiger partial charge in [0.05, 0.1) is 0 Å². The van der Waals surface area contributed by atoms with Gasteiger partial charge in [0.2, 0.25) is 0 Å². The smallest absolute Gasteiger partial charge is 0.334 e. The highest BCUT2D eigenvalue weighted by atomic mass is 32.2. The van der Waals surface area contributed by atoms with Crippen molar-refractivity contribution in [2.75, 3.05) is 0 Å². The SMILES string of the molecule is O=C(NC(C1CCCCC1)(C1CCCCC1)C1CCCCC1)S(=O)(=O)O. The Morgan fingerprint density at radius 1 is 0.692 bits per heavy atom. The van der Waals surface area contributed by atoms with Crippen molar-refractivity contribution in [2.45, 2.75) is 102 Å². The lowest BCUT2D eigenvalue weighted by atomic mass is 9.56. The summed E-state index contributed by atoms with van der Waals surface area (Å²) in [5, 5.41) is 1.84. The van der Waals surface area contributed by atoms with Gasteiger partial charge in [-0.3, -0.25) is 9.35 Å². The molecule has 0 aromatic heterocycles. The molecule has 1 amide bonds. The molecular weight excluding hydrogens is 350 g/mol. The van der Waals surface area contributed by atoms with Crippen LogP contribution in [-0.4, -0.2) is 23.7 Å². The van der Waals surface area contributed by atoms with Crippen molar-refractivity contribution in [1.82, 2.24) is 5.32 Å². The Hall–Kier alpha value is -0.620. The highest BCUT2D eigenvalue weighted by molar-refractivity contribution is 8.01. The van der Waals surface area contributed by atoms with E-state index in [9.17, 15) is 17.8 Å². The molecule has 150 valence electrons. The Labute approximate surface area is 158 Å². The molecule has 0 aromatic carbocycles. The zero-order valence-corrected chi connectivity index (χ0v) is 16.7. The van der Waals surface area contributed by atoms with E-state index in [1.54, 1.807) is 0 Å². The zero-order valence-electron chi connectivity index (χ0n) is 15.9. The van der Waals surface area contributed by atoms with Crippen LogP contribution in [0.3, 0.4) is 0 Å². The Morgan fingerprint density at radius 3 is 1.27 bits per heavy atom. The van der Waals surface area contributed by atoms with Gasteiger partial charge in [-0.15, -0.1) is 0 Å². The molecule has 0 spiro atoms. The molecule has 3 aliphatic carbocycles. The van der Waals surface area contributed by atoms with Gasteiger partial charge >= 0.3 is 15.4 Å². The number of hydrogen-bond donors (Lipinski definition) is 2. The molecule has 3 rings (SSSR count). The summed E-state index contributed by atoms with van der Waals surface area (Å²) in [6, 6.07) is 0. The molecule has 0 unspecified atom stereocenters. The molecule has 3 fully saturated rings. The third-order valence-electron chi connectivity index (χ3n) is 7.39. The van der Waals surface area contributed by atoms with E-state index in [-0.39, 0.29) is 0 Å². The minimum Gasteiger partial charge on any atom is -0.334 e. The summed E-state index contributed by atoms with van der Waals surface area (Å²) in [4.78, 5) is 12.5. The maximum absolute atomic E-state index is 12.5. The van der Waals surface area contributed by atoms with Gasteiger partial charge in [0, 0.05) is 5.54 Å². The molecule has 6 heteroatoms. The Morgan fingerprint density at radius 2 is 1.00 bits per heavy atom. The van der Waals surface area contributed by atoms with Crippen LogP contribution < -0.4 is 5.32 Å². The molecule has 26 heavy (non-hydrogen) atoms. The monoisotopic (exact) mass is 385 g/mol. The van der Waals surface area contributed by atoms with Crippen LogP contribution in [0.5, 0.6) is 0 Å². The van der Waals surface area contributed by atoms with Crippen molar-refractivity contribution in [3.8, 4) is 0 Å². The number of amides is 1. The summed E-state index contributed by atoms with van der Waals surface area (Å²) in [5.74, 6) is 1.02. The van der Waals surface area contributed by atoms with E-state index in [0.717, 1.165) is 77.0 Å². The summed E-state index contributed by atoms with van der Waals surface area (Å²) in [6.07, 6.45) is 17.1. The summed E-state index contributed by atoms with van der Waals surface area (Å²) < 4.78 is 32.6. The Kier molecular flexibility index (Phi) is 6.65. The first-order chi connectivity index (χ1) is 12.4. The van der Waals surface area contributed by atoms with Crippen LogP contribution >= 0.6 is 0 Å². The standard InChI is InChI=1S/C20H35NO4S/c22-19(26(23,24)25)21-20(16-10-4-1-5-11-16,17-12-6-2-7-13-17)18-14-8-3-9-15-18/h16-18H,1-15H2,(H,21,22)(H,23,24,25). The topological polar surface area (TPSA) is 83.5 Å². The molecular formula is C20H35NO4S. The van der Waals surface area contributed by atoms with Gasteiger partial charge in [0.1, 0.15) is 0 Å². The van der Waals surface area contributed by atoms with Crippen LogP contribution in [-0.2, 0) is 10.1 Å². The van der Waals surface area contributed by atoms with Crippen molar-refractivity contribution < 1.29 is 17.8 Å². The molecule has 0 aromatic rings. The normalized spacial score (nSPS) is 25.1.